The Bertz CT molecular complexity index is 1650. The Labute approximate surface area is 251 Å². The van der Waals surface area contributed by atoms with E-state index in [1.54, 1.807) is 54.6 Å². The molecule has 1 aliphatic rings. The summed E-state index contributed by atoms with van der Waals surface area (Å²) in [7, 11) is 0. The molecule has 8 nitrogen and oxygen atoms in total. The van der Waals surface area contributed by atoms with Crippen LogP contribution in [0, 0.1) is 6.92 Å². The average molecular weight is 575 g/mol. The molecular formula is C35H34N4O4. The van der Waals surface area contributed by atoms with Gasteiger partial charge in [0.15, 0.2) is 0 Å². The Balaban J connectivity index is 1.34. The molecule has 0 aromatic heterocycles. The first kappa shape index (κ1) is 29.3. The van der Waals surface area contributed by atoms with Crippen molar-refractivity contribution in [1.29, 1.82) is 0 Å². The van der Waals surface area contributed by atoms with E-state index in [2.05, 4.69) is 10.3 Å². The van der Waals surface area contributed by atoms with Gasteiger partial charge in [-0.1, -0.05) is 48.5 Å². The van der Waals surface area contributed by atoms with Crippen LogP contribution in [0.3, 0.4) is 0 Å². The number of aliphatic imine (C=N–C) groups is 1. The van der Waals surface area contributed by atoms with E-state index in [1.165, 1.54) is 0 Å². The van der Waals surface area contributed by atoms with E-state index in [0.29, 0.717) is 40.3 Å². The molecule has 0 bridgehead atoms. The number of nitrogens with zero attached hydrogens (tertiary/aromatic N) is 2. The van der Waals surface area contributed by atoms with Crippen molar-refractivity contribution in [3.63, 3.8) is 0 Å². The zero-order valence-corrected chi connectivity index (χ0v) is 24.1. The minimum atomic E-state index is -0.455. The second-order valence-corrected chi connectivity index (χ2v) is 10.5. The molecule has 1 fully saturated rings. The van der Waals surface area contributed by atoms with Crippen LogP contribution in [0.25, 0.3) is 0 Å². The van der Waals surface area contributed by atoms with E-state index < -0.39 is 5.91 Å². The first-order valence-electron chi connectivity index (χ1n) is 14.3. The number of amides is 3. The first-order valence-corrected chi connectivity index (χ1v) is 14.3. The van der Waals surface area contributed by atoms with Crippen molar-refractivity contribution in [3.8, 4) is 5.75 Å². The first-order chi connectivity index (χ1) is 20.9. The lowest BCUT2D eigenvalue weighted by atomic mass is 10.0. The fourth-order valence-electron chi connectivity index (χ4n) is 5.02. The topological polar surface area (TPSA) is 114 Å². The molecule has 8 heteroatoms. The van der Waals surface area contributed by atoms with Gasteiger partial charge in [0.2, 0.25) is 5.91 Å². The number of aryl methyl sites for hydroxylation is 1. The number of hydrogen-bond donors (Lipinski definition) is 2. The van der Waals surface area contributed by atoms with Crippen LogP contribution in [-0.2, 0) is 17.8 Å². The van der Waals surface area contributed by atoms with Gasteiger partial charge in [-0.2, -0.15) is 4.99 Å². The summed E-state index contributed by atoms with van der Waals surface area (Å²) in [5.41, 5.74) is 10.8. The number of carbonyl (C=O) groups excluding carboxylic acids is 3. The van der Waals surface area contributed by atoms with Gasteiger partial charge in [-0.3, -0.25) is 14.4 Å². The second kappa shape index (κ2) is 13.6. The van der Waals surface area contributed by atoms with Crippen LogP contribution in [0.15, 0.2) is 102 Å². The van der Waals surface area contributed by atoms with Crippen molar-refractivity contribution in [2.75, 3.05) is 18.4 Å². The quantitative estimate of drug-likeness (QED) is 0.201. The monoisotopic (exact) mass is 574 g/mol. The lowest BCUT2D eigenvalue weighted by Gasteiger charge is -2.17. The number of ether oxygens (including phenoxy) is 1. The second-order valence-electron chi connectivity index (χ2n) is 10.5. The smallest absolute Gasteiger partial charge is 0.278 e. The molecule has 1 aliphatic heterocycles. The predicted molar refractivity (Wildman–Crippen MR) is 167 cm³/mol. The van der Waals surface area contributed by atoms with Gasteiger partial charge in [0.25, 0.3) is 11.8 Å². The molecule has 4 aromatic rings. The number of benzene rings is 4. The summed E-state index contributed by atoms with van der Waals surface area (Å²) in [6.45, 7) is 3.74. The van der Waals surface area contributed by atoms with Gasteiger partial charge >= 0.3 is 0 Å². The van der Waals surface area contributed by atoms with E-state index in [4.69, 9.17) is 10.5 Å². The van der Waals surface area contributed by atoms with Crippen LogP contribution >= 0.6 is 0 Å². The fraction of sp³-hybridized carbons (Fsp3) is 0.200. The highest BCUT2D eigenvalue weighted by atomic mass is 16.5. The molecule has 3 N–H and O–H groups in total. The number of amidine groups is 1. The number of nitrogens with two attached hydrogens (primary N) is 1. The molecule has 218 valence electrons. The van der Waals surface area contributed by atoms with Crippen molar-refractivity contribution >= 4 is 29.2 Å². The Kier molecular flexibility index (Phi) is 9.26. The molecule has 1 saturated heterocycles. The van der Waals surface area contributed by atoms with E-state index in [0.717, 1.165) is 37.1 Å². The van der Waals surface area contributed by atoms with Gasteiger partial charge in [0.05, 0.1) is 6.42 Å². The molecule has 0 saturated carbocycles. The van der Waals surface area contributed by atoms with Gasteiger partial charge in [0.1, 0.15) is 18.2 Å². The van der Waals surface area contributed by atoms with Gasteiger partial charge in [-0.25, -0.2) is 0 Å². The highest BCUT2D eigenvalue weighted by molar-refractivity contribution is 6.09. The lowest BCUT2D eigenvalue weighted by molar-refractivity contribution is -0.115. The van der Waals surface area contributed by atoms with E-state index in [1.807, 2.05) is 54.3 Å². The van der Waals surface area contributed by atoms with Crippen LogP contribution < -0.4 is 15.8 Å². The largest absolute Gasteiger partial charge is 0.489 e. The molecule has 0 aliphatic carbocycles. The summed E-state index contributed by atoms with van der Waals surface area (Å²) in [4.78, 5) is 44.6. The lowest BCUT2D eigenvalue weighted by Crippen LogP contribution is -2.28. The number of anilines is 1. The van der Waals surface area contributed by atoms with E-state index in [-0.39, 0.29) is 24.1 Å². The van der Waals surface area contributed by atoms with Crippen molar-refractivity contribution < 1.29 is 19.1 Å². The minimum Gasteiger partial charge on any atom is -0.489 e. The summed E-state index contributed by atoms with van der Waals surface area (Å²) in [6, 6.07) is 28.9. The third-order valence-electron chi connectivity index (χ3n) is 7.32. The van der Waals surface area contributed by atoms with Gasteiger partial charge in [0, 0.05) is 41.0 Å². The van der Waals surface area contributed by atoms with Crippen LogP contribution in [0.1, 0.15) is 55.8 Å². The van der Waals surface area contributed by atoms with Gasteiger partial charge < -0.3 is 20.7 Å². The standard InChI is InChI=1S/C35H34N4O4/c1-24-20-29(15-16-30(24)35(42)39-18-8-9-19-39)37-32(40)22-28-21-27(33(36)38-34(41)26-12-6-3-7-13-26)14-17-31(28)43-23-25-10-4-2-5-11-25/h2-7,10-17,20-21H,8-9,18-19,22-23H2,1H3,(H,37,40)(H2,36,38,41). The minimum absolute atomic E-state index is 0.00855. The van der Waals surface area contributed by atoms with Crippen molar-refractivity contribution in [1.82, 2.24) is 4.90 Å². The summed E-state index contributed by atoms with van der Waals surface area (Å²) >= 11 is 0. The number of rotatable bonds is 9. The number of carbonyl (C=O) groups is 3. The maximum absolute atomic E-state index is 13.2. The third-order valence-corrected chi connectivity index (χ3v) is 7.32. The molecule has 5 rings (SSSR count). The Morgan fingerprint density at radius 2 is 1.56 bits per heavy atom. The summed E-state index contributed by atoms with van der Waals surface area (Å²) in [5, 5.41) is 2.94. The van der Waals surface area contributed by atoms with Crippen molar-refractivity contribution in [2.45, 2.75) is 32.8 Å². The van der Waals surface area contributed by atoms with Crippen molar-refractivity contribution in [2.24, 2.45) is 10.7 Å². The highest BCUT2D eigenvalue weighted by Crippen LogP contribution is 2.24. The molecule has 0 spiro atoms. The molecule has 0 unspecified atom stereocenters. The zero-order chi connectivity index (χ0) is 30.2. The van der Waals surface area contributed by atoms with Crippen LogP contribution in [0.5, 0.6) is 5.75 Å². The van der Waals surface area contributed by atoms with Crippen LogP contribution in [-0.4, -0.2) is 41.5 Å². The molecule has 0 atom stereocenters. The maximum Gasteiger partial charge on any atom is 0.278 e. The van der Waals surface area contributed by atoms with E-state index in [9.17, 15) is 14.4 Å². The number of nitrogens with one attached hydrogen (secondary N) is 1. The molecule has 4 aromatic carbocycles. The number of hydrogen-bond acceptors (Lipinski definition) is 4. The maximum atomic E-state index is 13.2. The average Bonchev–Trinajstić information content (AvgIpc) is 3.56. The molecule has 3 amide bonds. The highest BCUT2D eigenvalue weighted by Gasteiger charge is 2.21. The summed E-state index contributed by atoms with van der Waals surface area (Å²) < 4.78 is 6.10. The molecule has 43 heavy (non-hydrogen) atoms. The van der Waals surface area contributed by atoms with Crippen LogP contribution in [0.4, 0.5) is 5.69 Å². The third kappa shape index (κ3) is 7.54. The van der Waals surface area contributed by atoms with Crippen molar-refractivity contribution in [3.05, 3.63) is 130 Å². The van der Waals surface area contributed by atoms with E-state index >= 15 is 0 Å². The summed E-state index contributed by atoms with van der Waals surface area (Å²) in [6.07, 6.45) is 2.04. The Morgan fingerprint density at radius 3 is 2.26 bits per heavy atom. The van der Waals surface area contributed by atoms with Gasteiger partial charge in [-0.15, -0.1) is 0 Å². The SMILES string of the molecule is Cc1cc(NC(=O)Cc2cc(C(N)=NC(=O)c3ccccc3)ccc2OCc2ccccc2)ccc1C(=O)N1CCCC1. The zero-order valence-electron chi connectivity index (χ0n) is 24.1. The Hall–Kier alpha value is -5.24. The Morgan fingerprint density at radius 1 is 0.860 bits per heavy atom. The fourth-order valence-corrected chi connectivity index (χ4v) is 5.02. The van der Waals surface area contributed by atoms with Gasteiger partial charge in [-0.05, 0) is 79.4 Å². The van der Waals surface area contributed by atoms with Crippen LogP contribution in [0.2, 0.25) is 0 Å². The normalized spacial score (nSPS) is 13.0. The summed E-state index contributed by atoms with van der Waals surface area (Å²) in [5.74, 6) is -0.138. The number of likely N-dealkylation sites (tertiary alicyclic amines) is 1. The molecular weight excluding hydrogens is 540 g/mol. The predicted octanol–water partition coefficient (Wildman–Crippen LogP) is 5.54. The molecule has 0 radical (unpaired) electrons. The molecule has 1 heterocycles.